The number of anilines is 1. The van der Waals surface area contributed by atoms with Gasteiger partial charge in [-0.05, 0) is 30.2 Å². The second kappa shape index (κ2) is 6.95. The maximum Gasteiger partial charge on any atom is 0.246 e. The first kappa shape index (κ1) is 15.7. The molecule has 0 saturated heterocycles. The molecule has 2 amide bonds. The van der Waals surface area contributed by atoms with E-state index in [1.54, 1.807) is 0 Å². The smallest absolute Gasteiger partial charge is 0.246 e. The molecule has 0 fully saturated rings. The number of benzene rings is 2. The van der Waals surface area contributed by atoms with Gasteiger partial charge in [0.05, 0.1) is 24.0 Å². The molecule has 24 heavy (non-hydrogen) atoms. The molecule has 0 aliphatic carbocycles. The molecule has 0 atom stereocenters. The number of aromatic nitrogens is 2. The van der Waals surface area contributed by atoms with Crippen LogP contribution in [0.15, 0.2) is 48.5 Å². The number of carbonyl (C=O) groups excluding carboxylic acids is 2. The third-order valence-corrected chi connectivity index (χ3v) is 3.71. The van der Waals surface area contributed by atoms with Crippen LogP contribution in [0.25, 0.3) is 11.0 Å². The molecule has 0 aliphatic heterocycles. The number of imidazole rings is 1. The highest BCUT2D eigenvalue weighted by Gasteiger charge is 2.10. The second-order valence-electron chi connectivity index (χ2n) is 5.53. The number of amides is 2. The van der Waals surface area contributed by atoms with E-state index in [1.165, 1.54) is 0 Å². The van der Waals surface area contributed by atoms with Gasteiger partial charge >= 0.3 is 0 Å². The summed E-state index contributed by atoms with van der Waals surface area (Å²) in [4.78, 5) is 31.1. The highest BCUT2D eigenvalue weighted by Crippen LogP contribution is 2.13. The van der Waals surface area contributed by atoms with E-state index >= 15 is 0 Å². The van der Waals surface area contributed by atoms with Crippen LogP contribution in [0.3, 0.4) is 0 Å². The number of para-hydroxylation sites is 2. The van der Waals surface area contributed by atoms with E-state index in [2.05, 4.69) is 20.6 Å². The Bertz CT molecular complexity index is 852. The number of aromatic amines is 1. The van der Waals surface area contributed by atoms with Crippen molar-refractivity contribution in [2.75, 3.05) is 11.9 Å². The van der Waals surface area contributed by atoms with Gasteiger partial charge in [0.15, 0.2) is 0 Å². The molecule has 3 aromatic rings. The Morgan fingerprint density at radius 1 is 1.04 bits per heavy atom. The molecule has 0 aliphatic rings. The zero-order valence-electron chi connectivity index (χ0n) is 13.3. The van der Waals surface area contributed by atoms with Gasteiger partial charge in [0.25, 0.3) is 0 Å². The van der Waals surface area contributed by atoms with Crippen LogP contribution in [0, 0.1) is 6.92 Å². The summed E-state index contributed by atoms with van der Waals surface area (Å²) in [5.41, 5.74) is 3.62. The monoisotopic (exact) mass is 322 g/mol. The second-order valence-corrected chi connectivity index (χ2v) is 5.53. The van der Waals surface area contributed by atoms with E-state index in [4.69, 9.17) is 0 Å². The molecular formula is C18H18N4O2. The molecule has 0 unspecified atom stereocenters. The van der Waals surface area contributed by atoms with E-state index in [0.717, 1.165) is 22.2 Å². The topological polar surface area (TPSA) is 86.9 Å². The molecule has 2 aromatic carbocycles. The predicted molar refractivity (Wildman–Crippen MR) is 92.6 cm³/mol. The van der Waals surface area contributed by atoms with Crippen LogP contribution in [-0.4, -0.2) is 28.3 Å². The summed E-state index contributed by atoms with van der Waals surface area (Å²) in [6, 6.07) is 15.2. The summed E-state index contributed by atoms with van der Waals surface area (Å²) in [5, 5.41) is 5.26. The Hall–Kier alpha value is -3.15. The van der Waals surface area contributed by atoms with E-state index < -0.39 is 0 Å². The van der Waals surface area contributed by atoms with Crippen LogP contribution in [-0.2, 0) is 16.0 Å². The molecule has 0 bridgehead atoms. The number of fused-ring (bicyclic) bond motifs is 1. The standard InChI is InChI=1S/C18H18N4O2/c1-12-6-2-3-7-13(12)10-16(23)19-11-17(24)22-18-20-14-8-4-5-9-15(14)21-18/h2-9H,10-11H2,1H3,(H,19,23)(H2,20,21,22,24). The average molecular weight is 322 g/mol. The molecule has 1 aromatic heterocycles. The van der Waals surface area contributed by atoms with Gasteiger partial charge in [-0.25, -0.2) is 4.98 Å². The number of hydrogen-bond donors (Lipinski definition) is 3. The minimum absolute atomic E-state index is 0.0955. The lowest BCUT2D eigenvalue weighted by Gasteiger charge is -2.07. The quantitative estimate of drug-likeness (QED) is 0.673. The van der Waals surface area contributed by atoms with E-state index in [0.29, 0.717) is 5.95 Å². The van der Waals surface area contributed by atoms with Crippen molar-refractivity contribution in [2.45, 2.75) is 13.3 Å². The number of carbonyl (C=O) groups is 2. The van der Waals surface area contributed by atoms with Crippen molar-refractivity contribution in [3.63, 3.8) is 0 Å². The maximum atomic E-state index is 11.9. The Balaban J connectivity index is 1.52. The minimum atomic E-state index is -0.327. The van der Waals surface area contributed by atoms with Crippen molar-refractivity contribution in [3.8, 4) is 0 Å². The van der Waals surface area contributed by atoms with Crippen LogP contribution < -0.4 is 10.6 Å². The number of H-pyrrole nitrogens is 1. The Morgan fingerprint density at radius 2 is 1.79 bits per heavy atom. The molecule has 3 rings (SSSR count). The van der Waals surface area contributed by atoms with Crippen LogP contribution in [0.2, 0.25) is 0 Å². The molecule has 6 nitrogen and oxygen atoms in total. The number of aryl methyl sites for hydroxylation is 1. The van der Waals surface area contributed by atoms with Crippen LogP contribution in [0.1, 0.15) is 11.1 Å². The Morgan fingerprint density at radius 3 is 2.58 bits per heavy atom. The predicted octanol–water partition coefficient (Wildman–Crippen LogP) is 2.17. The molecule has 1 heterocycles. The molecule has 0 saturated carbocycles. The SMILES string of the molecule is Cc1ccccc1CC(=O)NCC(=O)Nc1nc2ccccc2[nH]1. The zero-order chi connectivity index (χ0) is 16.9. The highest BCUT2D eigenvalue weighted by atomic mass is 16.2. The van der Waals surface area contributed by atoms with Crippen molar-refractivity contribution < 1.29 is 9.59 Å². The fraction of sp³-hybridized carbons (Fsp3) is 0.167. The van der Waals surface area contributed by atoms with E-state index in [-0.39, 0.29) is 24.8 Å². The van der Waals surface area contributed by atoms with Gasteiger partial charge in [0.1, 0.15) is 0 Å². The van der Waals surface area contributed by atoms with E-state index in [1.807, 2.05) is 55.5 Å². The highest BCUT2D eigenvalue weighted by molar-refractivity contribution is 5.94. The minimum Gasteiger partial charge on any atom is -0.347 e. The molecule has 122 valence electrons. The summed E-state index contributed by atoms with van der Waals surface area (Å²) in [6.07, 6.45) is 0.255. The van der Waals surface area contributed by atoms with Gasteiger partial charge in [0, 0.05) is 0 Å². The third kappa shape index (κ3) is 3.78. The summed E-state index contributed by atoms with van der Waals surface area (Å²) < 4.78 is 0. The molecule has 3 N–H and O–H groups in total. The molecule has 0 radical (unpaired) electrons. The first-order chi connectivity index (χ1) is 11.6. The fourth-order valence-corrected chi connectivity index (χ4v) is 2.41. The van der Waals surface area contributed by atoms with Crippen molar-refractivity contribution in [2.24, 2.45) is 0 Å². The molecule has 6 heteroatoms. The lowest BCUT2D eigenvalue weighted by molar-refractivity contribution is -0.123. The van der Waals surface area contributed by atoms with Crippen LogP contribution >= 0.6 is 0 Å². The summed E-state index contributed by atoms with van der Waals surface area (Å²) >= 11 is 0. The number of nitrogens with zero attached hydrogens (tertiary/aromatic N) is 1. The fourth-order valence-electron chi connectivity index (χ4n) is 2.41. The third-order valence-electron chi connectivity index (χ3n) is 3.71. The van der Waals surface area contributed by atoms with Gasteiger partial charge in [-0.1, -0.05) is 36.4 Å². The first-order valence-electron chi connectivity index (χ1n) is 7.67. The lowest BCUT2D eigenvalue weighted by atomic mass is 10.1. The largest absolute Gasteiger partial charge is 0.347 e. The normalized spacial score (nSPS) is 10.5. The van der Waals surface area contributed by atoms with Gasteiger partial charge in [-0.2, -0.15) is 0 Å². The Labute approximate surface area is 139 Å². The van der Waals surface area contributed by atoms with Crippen LogP contribution in [0.4, 0.5) is 5.95 Å². The first-order valence-corrected chi connectivity index (χ1v) is 7.67. The zero-order valence-corrected chi connectivity index (χ0v) is 13.3. The lowest BCUT2D eigenvalue weighted by Crippen LogP contribution is -2.34. The van der Waals surface area contributed by atoms with E-state index in [9.17, 15) is 9.59 Å². The van der Waals surface area contributed by atoms with Crippen molar-refractivity contribution in [1.29, 1.82) is 0 Å². The van der Waals surface area contributed by atoms with Gasteiger partial charge in [-0.15, -0.1) is 0 Å². The van der Waals surface area contributed by atoms with Gasteiger partial charge in [0.2, 0.25) is 17.8 Å². The van der Waals surface area contributed by atoms with Crippen molar-refractivity contribution in [3.05, 3.63) is 59.7 Å². The van der Waals surface area contributed by atoms with Crippen LogP contribution in [0.5, 0.6) is 0 Å². The van der Waals surface area contributed by atoms with Crippen molar-refractivity contribution in [1.82, 2.24) is 15.3 Å². The number of rotatable bonds is 5. The van der Waals surface area contributed by atoms with Gasteiger partial charge in [-0.3, -0.25) is 14.9 Å². The Kier molecular flexibility index (Phi) is 4.56. The van der Waals surface area contributed by atoms with Crippen molar-refractivity contribution >= 4 is 28.8 Å². The maximum absolute atomic E-state index is 11.9. The summed E-state index contributed by atoms with van der Waals surface area (Å²) in [5.74, 6) is -0.148. The van der Waals surface area contributed by atoms with Gasteiger partial charge < -0.3 is 10.3 Å². The average Bonchev–Trinajstić information content (AvgIpc) is 2.97. The molecular weight excluding hydrogens is 304 g/mol. The number of hydrogen-bond acceptors (Lipinski definition) is 3. The number of nitrogens with one attached hydrogen (secondary N) is 3. The molecule has 0 spiro atoms. The summed E-state index contributed by atoms with van der Waals surface area (Å²) in [6.45, 7) is 1.86. The summed E-state index contributed by atoms with van der Waals surface area (Å²) in [7, 11) is 0.